The van der Waals surface area contributed by atoms with Crippen molar-refractivity contribution in [2.75, 3.05) is 13.7 Å². The van der Waals surface area contributed by atoms with E-state index < -0.39 is 0 Å². The molecule has 0 fully saturated rings. The van der Waals surface area contributed by atoms with E-state index >= 15 is 0 Å². The lowest BCUT2D eigenvalue weighted by molar-refractivity contribution is 0.0948. The lowest BCUT2D eigenvalue weighted by Gasteiger charge is -2.10. The summed E-state index contributed by atoms with van der Waals surface area (Å²) >= 11 is 1.51. The molecule has 0 spiro atoms. The van der Waals surface area contributed by atoms with Crippen molar-refractivity contribution in [1.29, 1.82) is 0 Å². The highest BCUT2D eigenvalue weighted by molar-refractivity contribution is 7.17. The molecule has 5 nitrogen and oxygen atoms in total. The Morgan fingerprint density at radius 2 is 2.00 bits per heavy atom. The van der Waals surface area contributed by atoms with Crippen LogP contribution in [0.4, 0.5) is 0 Å². The lowest BCUT2D eigenvalue weighted by atomic mass is 10.1. The number of Topliss-reactive ketones (excluding diaryl/α,β-unsaturated/α-hetero) is 1. The van der Waals surface area contributed by atoms with Crippen molar-refractivity contribution in [2.24, 2.45) is 0 Å². The van der Waals surface area contributed by atoms with Gasteiger partial charge in [0, 0.05) is 19.5 Å². The van der Waals surface area contributed by atoms with Gasteiger partial charge in [0.25, 0.3) is 5.91 Å². The molecule has 1 aliphatic heterocycles. The van der Waals surface area contributed by atoms with Crippen LogP contribution in [0.1, 0.15) is 32.8 Å². The molecule has 2 aromatic heterocycles. The standard InChI is InChI=1S/C18H16N2O3S/c1-23-12-4-2-11(3-5-12)10-20-13-7-9-24-17(13)15-14(21)6-8-19-18(22)16(15)20/h2-5,7,9H,6,8,10H2,1H3,(H,19,22). The maximum absolute atomic E-state index is 12.5. The summed E-state index contributed by atoms with van der Waals surface area (Å²) in [7, 11) is 1.63. The highest BCUT2D eigenvalue weighted by Crippen LogP contribution is 2.33. The number of carbonyl (C=O) groups is 2. The topological polar surface area (TPSA) is 60.3 Å². The Morgan fingerprint density at radius 1 is 1.21 bits per heavy atom. The zero-order valence-corrected chi connectivity index (χ0v) is 14.0. The monoisotopic (exact) mass is 340 g/mol. The largest absolute Gasteiger partial charge is 0.497 e. The molecule has 0 atom stereocenters. The molecule has 0 saturated heterocycles. The average Bonchev–Trinajstić information content (AvgIpc) is 3.13. The number of thiophene rings is 1. The van der Waals surface area contributed by atoms with Gasteiger partial charge in [-0.05, 0) is 29.1 Å². The van der Waals surface area contributed by atoms with Gasteiger partial charge in [-0.25, -0.2) is 0 Å². The van der Waals surface area contributed by atoms with Crippen LogP contribution in [-0.2, 0) is 6.54 Å². The van der Waals surface area contributed by atoms with Crippen LogP contribution in [0.15, 0.2) is 35.7 Å². The van der Waals surface area contributed by atoms with Gasteiger partial charge in [0.1, 0.15) is 11.4 Å². The van der Waals surface area contributed by atoms with Crippen LogP contribution in [0.3, 0.4) is 0 Å². The Balaban J connectivity index is 1.86. The van der Waals surface area contributed by atoms with E-state index in [-0.39, 0.29) is 11.7 Å². The SMILES string of the molecule is COc1ccc(Cn2c3c(c4sccc42)C(=O)CCNC3=O)cc1. The number of nitrogens with one attached hydrogen (secondary N) is 1. The summed E-state index contributed by atoms with van der Waals surface area (Å²) in [6.07, 6.45) is 0.346. The van der Waals surface area contributed by atoms with Crippen LogP contribution in [0, 0.1) is 0 Å². The fourth-order valence-electron chi connectivity index (χ4n) is 3.14. The quantitative estimate of drug-likeness (QED) is 0.797. The van der Waals surface area contributed by atoms with Gasteiger partial charge in [0.05, 0.1) is 22.9 Å². The van der Waals surface area contributed by atoms with E-state index in [1.165, 1.54) is 11.3 Å². The summed E-state index contributed by atoms with van der Waals surface area (Å²) in [6, 6.07) is 9.71. The number of amides is 1. The number of benzene rings is 1. The highest BCUT2D eigenvalue weighted by Gasteiger charge is 2.30. The number of fused-ring (bicyclic) bond motifs is 3. The van der Waals surface area contributed by atoms with E-state index in [9.17, 15) is 9.59 Å². The van der Waals surface area contributed by atoms with Gasteiger partial charge >= 0.3 is 0 Å². The molecule has 0 radical (unpaired) electrons. The third kappa shape index (κ3) is 2.30. The molecular weight excluding hydrogens is 324 g/mol. The second kappa shape index (κ2) is 5.79. The van der Waals surface area contributed by atoms with Gasteiger partial charge < -0.3 is 14.6 Å². The van der Waals surface area contributed by atoms with E-state index in [1.807, 2.05) is 40.3 Å². The van der Waals surface area contributed by atoms with Crippen molar-refractivity contribution in [3.63, 3.8) is 0 Å². The van der Waals surface area contributed by atoms with Crippen molar-refractivity contribution < 1.29 is 14.3 Å². The normalized spacial score (nSPS) is 14.4. The molecule has 4 rings (SSSR count). The second-order valence-electron chi connectivity index (χ2n) is 5.72. The Hall–Kier alpha value is -2.60. The van der Waals surface area contributed by atoms with Gasteiger partial charge in [0.2, 0.25) is 0 Å². The molecule has 1 aliphatic rings. The van der Waals surface area contributed by atoms with Crippen molar-refractivity contribution in [2.45, 2.75) is 13.0 Å². The van der Waals surface area contributed by atoms with Gasteiger partial charge in [-0.1, -0.05) is 12.1 Å². The number of hydrogen-bond donors (Lipinski definition) is 1. The summed E-state index contributed by atoms with van der Waals surface area (Å²) in [6.45, 7) is 0.926. The first kappa shape index (κ1) is 15.0. The van der Waals surface area contributed by atoms with E-state index in [4.69, 9.17) is 4.74 Å². The average molecular weight is 340 g/mol. The number of carbonyl (C=O) groups excluding carboxylic acids is 2. The Kier molecular flexibility index (Phi) is 3.61. The molecular formula is C18H16N2O3S. The number of methoxy groups -OCH3 is 1. The minimum atomic E-state index is -0.173. The molecule has 1 aromatic carbocycles. The molecule has 122 valence electrons. The number of hydrogen-bond acceptors (Lipinski definition) is 4. The fourth-order valence-corrected chi connectivity index (χ4v) is 4.10. The molecule has 1 N–H and O–H groups in total. The zero-order valence-electron chi connectivity index (χ0n) is 13.2. The minimum Gasteiger partial charge on any atom is -0.497 e. The Bertz CT molecular complexity index is 937. The Morgan fingerprint density at radius 3 is 2.75 bits per heavy atom. The molecule has 0 bridgehead atoms. The third-order valence-electron chi connectivity index (χ3n) is 4.30. The molecule has 0 saturated carbocycles. The maximum atomic E-state index is 12.5. The first-order valence-corrected chi connectivity index (χ1v) is 8.61. The molecule has 24 heavy (non-hydrogen) atoms. The first-order valence-electron chi connectivity index (χ1n) is 7.73. The summed E-state index contributed by atoms with van der Waals surface area (Å²) < 4.78 is 8.04. The lowest BCUT2D eigenvalue weighted by Crippen LogP contribution is -2.25. The first-order chi connectivity index (χ1) is 11.7. The highest BCUT2D eigenvalue weighted by atomic mass is 32.1. The molecule has 0 unspecified atom stereocenters. The van der Waals surface area contributed by atoms with Crippen LogP contribution >= 0.6 is 11.3 Å². The van der Waals surface area contributed by atoms with Crippen LogP contribution in [-0.4, -0.2) is 29.9 Å². The smallest absolute Gasteiger partial charge is 0.268 e. The molecule has 1 amide bonds. The summed E-state index contributed by atoms with van der Waals surface area (Å²) in [4.78, 5) is 25.0. The van der Waals surface area contributed by atoms with Crippen LogP contribution in [0.5, 0.6) is 5.75 Å². The number of rotatable bonds is 3. The summed E-state index contributed by atoms with van der Waals surface area (Å²) in [5, 5.41) is 4.79. The van der Waals surface area contributed by atoms with Crippen LogP contribution < -0.4 is 10.1 Å². The molecule has 3 aromatic rings. The number of nitrogens with zero attached hydrogens (tertiary/aromatic N) is 1. The predicted molar refractivity (Wildman–Crippen MR) is 93.2 cm³/mol. The fraction of sp³-hybridized carbons (Fsp3) is 0.222. The van der Waals surface area contributed by atoms with E-state index in [1.54, 1.807) is 7.11 Å². The summed E-state index contributed by atoms with van der Waals surface area (Å²) in [5.74, 6) is 0.649. The molecule has 6 heteroatoms. The molecule has 0 aliphatic carbocycles. The van der Waals surface area contributed by atoms with Crippen molar-refractivity contribution in [3.8, 4) is 5.75 Å². The van der Waals surface area contributed by atoms with Crippen LogP contribution in [0.2, 0.25) is 0 Å². The van der Waals surface area contributed by atoms with Crippen LogP contribution in [0.25, 0.3) is 10.2 Å². The zero-order chi connectivity index (χ0) is 16.7. The molecule has 3 heterocycles. The number of ketones is 1. The van der Waals surface area contributed by atoms with Gasteiger partial charge in [-0.3, -0.25) is 9.59 Å². The predicted octanol–water partition coefficient (Wildman–Crippen LogP) is 3.08. The Labute approximate surface area is 142 Å². The van der Waals surface area contributed by atoms with Gasteiger partial charge in [0.15, 0.2) is 5.78 Å². The second-order valence-corrected chi connectivity index (χ2v) is 6.64. The van der Waals surface area contributed by atoms with Crippen molar-refractivity contribution in [1.82, 2.24) is 9.88 Å². The minimum absolute atomic E-state index is 0.0317. The maximum Gasteiger partial charge on any atom is 0.268 e. The van der Waals surface area contributed by atoms with E-state index in [0.29, 0.717) is 30.8 Å². The third-order valence-corrected chi connectivity index (χ3v) is 5.22. The van der Waals surface area contributed by atoms with Gasteiger partial charge in [-0.15, -0.1) is 11.3 Å². The van der Waals surface area contributed by atoms with Crippen molar-refractivity contribution in [3.05, 3.63) is 52.5 Å². The van der Waals surface area contributed by atoms with E-state index in [2.05, 4.69) is 5.32 Å². The van der Waals surface area contributed by atoms with E-state index in [0.717, 1.165) is 21.5 Å². The van der Waals surface area contributed by atoms with Gasteiger partial charge in [-0.2, -0.15) is 0 Å². The summed E-state index contributed by atoms with van der Waals surface area (Å²) in [5.41, 5.74) is 3.04. The van der Waals surface area contributed by atoms with Crippen molar-refractivity contribution >= 4 is 33.2 Å². The number of aromatic nitrogens is 1. The number of ether oxygens (including phenoxy) is 1.